The number of carbonyl (C=O) groups excluding carboxylic acids is 2. The molecule has 0 fully saturated rings. The molecule has 0 unspecified atom stereocenters. The highest BCUT2D eigenvalue weighted by atomic mass is 32.1. The Balaban J connectivity index is 1.97. The summed E-state index contributed by atoms with van der Waals surface area (Å²) in [6, 6.07) is 3.60. The number of hydrogen-bond acceptors (Lipinski definition) is 6. The van der Waals surface area contributed by atoms with Gasteiger partial charge in [0.25, 0.3) is 0 Å². The highest BCUT2D eigenvalue weighted by Crippen LogP contribution is 2.32. The second kappa shape index (κ2) is 6.84. The van der Waals surface area contributed by atoms with E-state index in [4.69, 9.17) is 15.4 Å². The first kappa shape index (κ1) is 16.4. The van der Waals surface area contributed by atoms with Gasteiger partial charge < -0.3 is 10.1 Å². The van der Waals surface area contributed by atoms with E-state index in [9.17, 15) is 9.59 Å². The number of nitrogens with zero attached hydrogens (tertiary/aromatic N) is 1. The van der Waals surface area contributed by atoms with Crippen molar-refractivity contribution in [3.8, 4) is 6.07 Å². The van der Waals surface area contributed by atoms with E-state index in [-0.39, 0.29) is 5.71 Å². The van der Waals surface area contributed by atoms with E-state index in [0.29, 0.717) is 10.8 Å². The van der Waals surface area contributed by atoms with Gasteiger partial charge in [-0.2, -0.15) is 5.26 Å². The molecule has 0 amide bonds. The van der Waals surface area contributed by atoms with Crippen molar-refractivity contribution in [2.75, 3.05) is 6.61 Å². The third-order valence-corrected chi connectivity index (χ3v) is 4.98. The van der Waals surface area contributed by atoms with E-state index in [1.54, 1.807) is 6.07 Å². The molecule has 1 N–H and O–H groups in total. The summed E-state index contributed by atoms with van der Waals surface area (Å²) in [7, 11) is 0. The van der Waals surface area contributed by atoms with Crippen molar-refractivity contribution >= 4 is 28.8 Å². The maximum absolute atomic E-state index is 12.0. The first-order valence-corrected chi connectivity index (χ1v) is 8.00. The number of Topliss-reactive ketones (excluding diaryl/α,β-unsaturated/α-hetero) is 1. The van der Waals surface area contributed by atoms with Crippen LogP contribution in [0.5, 0.6) is 0 Å². The molecule has 22 heavy (non-hydrogen) atoms. The Morgan fingerprint density at radius 2 is 2.32 bits per heavy atom. The third-order valence-electron chi connectivity index (χ3n) is 3.76. The number of aryl methyl sites for hydroxylation is 1. The molecule has 0 aromatic carbocycles. The van der Waals surface area contributed by atoms with E-state index in [0.717, 1.165) is 19.3 Å². The normalized spacial score (nSPS) is 18.0. The summed E-state index contributed by atoms with van der Waals surface area (Å²) in [4.78, 5) is 25.5. The molecule has 2 atom stereocenters. The van der Waals surface area contributed by atoms with Gasteiger partial charge in [0.1, 0.15) is 10.8 Å². The molecule has 5 nitrogen and oxygen atoms in total. The van der Waals surface area contributed by atoms with E-state index in [1.807, 2.05) is 6.07 Å². The van der Waals surface area contributed by atoms with Crippen LogP contribution in [0.25, 0.3) is 0 Å². The molecule has 6 heteroatoms. The monoisotopic (exact) mass is 318 g/mol. The number of carbonyl (C=O) groups is 2. The molecular formula is C16H18N2O3S. The minimum atomic E-state index is -1.13. The van der Waals surface area contributed by atoms with Crippen LogP contribution in [-0.2, 0) is 22.4 Å². The van der Waals surface area contributed by atoms with E-state index in [2.05, 4.69) is 6.92 Å². The first-order chi connectivity index (χ1) is 10.4. The molecule has 1 aliphatic carbocycles. The van der Waals surface area contributed by atoms with Crippen LogP contribution >= 0.6 is 11.3 Å². The smallest absolute Gasteiger partial charge is 0.348 e. The number of nitriles is 1. The number of ether oxygens (including phenoxy) is 1. The maximum atomic E-state index is 12.0. The lowest BCUT2D eigenvalue weighted by molar-refractivity contribution is -0.122. The highest BCUT2D eigenvalue weighted by Gasteiger charge is 2.24. The van der Waals surface area contributed by atoms with Gasteiger partial charge in [0, 0.05) is 10.6 Å². The van der Waals surface area contributed by atoms with Gasteiger partial charge in [0.15, 0.2) is 12.4 Å². The number of esters is 1. The summed E-state index contributed by atoms with van der Waals surface area (Å²) in [5, 5.41) is 16.2. The topological polar surface area (TPSA) is 91.0 Å². The molecule has 0 saturated carbocycles. The zero-order valence-electron chi connectivity index (χ0n) is 12.6. The molecule has 0 radical (unpaired) electrons. The van der Waals surface area contributed by atoms with Crippen LogP contribution < -0.4 is 0 Å². The fourth-order valence-corrected chi connectivity index (χ4v) is 3.61. The zero-order chi connectivity index (χ0) is 16.3. The average molecular weight is 318 g/mol. The molecule has 0 spiro atoms. The molecule has 1 aliphatic rings. The summed E-state index contributed by atoms with van der Waals surface area (Å²) >= 11 is 1.42. The Hall–Kier alpha value is -2.00. The number of rotatable bonds is 5. The molecule has 1 heterocycles. The fraction of sp³-hybridized carbons (Fsp3) is 0.500. The Bertz CT molecular complexity index is 657. The van der Waals surface area contributed by atoms with E-state index in [1.165, 1.54) is 28.7 Å². The zero-order valence-corrected chi connectivity index (χ0v) is 13.5. The van der Waals surface area contributed by atoms with Crippen LogP contribution in [0.4, 0.5) is 0 Å². The predicted molar refractivity (Wildman–Crippen MR) is 83.3 cm³/mol. The summed E-state index contributed by atoms with van der Waals surface area (Å²) in [6.45, 7) is 3.12. The largest absolute Gasteiger partial charge is 0.453 e. The van der Waals surface area contributed by atoms with Crippen molar-refractivity contribution < 1.29 is 14.3 Å². The molecule has 1 aromatic rings. The van der Waals surface area contributed by atoms with Gasteiger partial charge in [-0.25, -0.2) is 4.79 Å². The molecular weight excluding hydrogens is 300 g/mol. The summed E-state index contributed by atoms with van der Waals surface area (Å²) in [6.07, 6.45) is 3.08. The Morgan fingerprint density at radius 3 is 2.95 bits per heavy atom. The molecule has 116 valence electrons. The molecule has 1 aromatic heterocycles. The lowest BCUT2D eigenvalue weighted by Gasteiger charge is -2.16. The Kier molecular flexibility index (Phi) is 5.09. The first-order valence-electron chi connectivity index (χ1n) is 7.18. The summed E-state index contributed by atoms with van der Waals surface area (Å²) in [5.41, 5.74) is 1.16. The van der Waals surface area contributed by atoms with Crippen LogP contribution in [-0.4, -0.2) is 24.1 Å². The number of thiophene rings is 1. The third kappa shape index (κ3) is 3.60. The second-order valence-corrected chi connectivity index (χ2v) is 6.83. The predicted octanol–water partition coefficient (Wildman–Crippen LogP) is 2.78. The van der Waals surface area contributed by atoms with Crippen LogP contribution in [0.15, 0.2) is 6.07 Å². The molecule has 2 rings (SSSR count). The highest BCUT2D eigenvalue weighted by molar-refractivity contribution is 7.14. The summed E-state index contributed by atoms with van der Waals surface area (Å²) < 4.78 is 5.00. The van der Waals surface area contributed by atoms with Gasteiger partial charge in [0.2, 0.25) is 0 Å². The van der Waals surface area contributed by atoms with E-state index < -0.39 is 24.3 Å². The average Bonchev–Trinajstić information content (AvgIpc) is 2.88. The van der Waals surface area contributed by atoms with E-state index >= 15 is 0 Å². The van der Waals surface area contributed by atoms with Gasteiger partial charge in [-0.1, -0.05) is 6.92 Å². The molecule has 0 bridgehead atoms. The van der Waals surface area contributed by atoms with Crippen molar-refractivity contribution in [2.45, 2.75) is 33.1 Å². The minimum Gasteiger partial charge on any atom is -0.453 e. The minimum absolute atomic E-state index is 0.0378. The lowest BCUT2D eigenvalue weighted by atomic mass is 9.90. The van der Waals surface area contributed by atoms with Gasteiger partial charge in [-0.05, 0) is 43.7 Å². The number of ketones is 1. The van der Waals surface area contributed by atoms with Crippen molar-refractivity contribution in [2.24, 2.45) is 11.8 Å². The Morgan fingerprint density at radius 1 is 1.59 bits per heavy atom. The van der Waals surface area contributed by atoms with Crippen LogP contribution in [0.2, 0.25) is 0 Å². The van der Waals surface area contributed by atoms with Crippen molar-refractivity contribution in [3.63, 3.8) is 0 Å². The van der Waals surface area contributed by atoms with Crippen LogP contribution in [0.1, 0.15) is 40.4 Å². The fourth-order valence-electron chi connectivity index (χ4n) is 2.51. The van der Waals surface area contributed by atoms with Gasteiger partial charge in [-0.3, -0.25) is 4.79 Å². The second-order valence-electron chi connectivity index (χ2n) is 5.69. The van der Waals surface area contributed by atoms with Crippen molar-refractivity contribution in [1.82, 2.24) is 0 Å². The van der Waals surface area contributed by atoms with Gasteiger partial charge in [0.05, 0.1) is 6.07 Å². The van der Waals surface area contributed by atoms with Gasteiger partial charge in [-0.15, -0.1) is 11.3 Å². The van der Waals surface area contributed by atoms with Crippen molar-refractivity contribution in [1.29, 1.82) is 10.7 Å². The standard InChI is InChI=1S/C16H18N2O3S/c1-9-3-4-14-11(5-9)6-15(22-14)16(20)21-8-13(19)12(7-17)10(2)18/h6,9,12,18H,3-5,8H2,1-2H3/t9-,12+/m0/s1. The molecule has 0 aliphatic heterocycles. The lowest BCUT2D eigenvalue weighted by Crippen LogP contribution is -2.25. The van der Waals surface area contributed by atoms with Crippen molar-refractivity contribution in [3.05, 3.63) is 21.4 Å². The SMILES string of the molecule is CC(=N)[C@@H](C#N)C(=O)COC(=O)c1cc2c(s1)CC[C@H](C)C2. The van der Waals surface area contributed by atoms with Crippen LogP contribution in [0, 0.1) is 28.6 Å². The maximum Gasteiger partial charge on any atom is 0.348 e. The number of fused-ring (bicyclic) bond motifs is 1. The summed E-state index contributed by atoms with van der Waals surface area (Å²) in [5.74, 6) is -1.59. The number of hydrogen-bond donors (Lipinski definition) is 1. The van der Waals surface area contributed by atoms with Crippen LogP contribution in [0.3, 0.4) is 0 Å². The Labute approximate surface area is 133 Å². The number of nitrogens with one attached hydrogen (secondary N) is 1. The van der Waals surface area contributed by atoms with Gasteiger partial charge >= 0.3 is 5.97 Å². The molecule has 0 saturated heterocycles. The quantitative estimate of drug-likeness (QED) is 0.667.